The van der Waals surface area contributed by atoms with Gasteiger partial charge in [0.25, 0.3) is 0 Å². The molecule has 2 aromatic heterocycles. The molecule has 1 aliphatic rings. The molecule has 0 fully saturated rings. The van der Waals surface area contributed by atoms with Gasteiger partial charge in [-0.3, -0.25) is 0 Å². The molecule has 0 aliphatic carbocycles. The lowest BCUT2D eigenvalue weighted by atomic mass is 10.2. The number of nitrogens with one attached hydrogen (secondary N) is 1. The number of rotatable bonds is 2. The van der Waals surface area contributed by atoms with Crippen LogP contribution in [0.5, 0.6) is 17.2 Å². The molecule has 0 spiro atoms. The zero-order valence-corrected chi connectivity index (χ0v) is 11.6. The Hall–Kier alpha value is -2.21. The summed E-state index contributed by atoms with van der Waals surface area (Å²) >= 11 is 1.59. The van der Waals surface area contributed by atoms with Gasteiger partial charge in [-0.15, -0.1) is 11.3 Å². The highest BCUT2D eigenvalue weighted by Gasteiger charge is 2.17. The van der Waals surface area contributed by atoms with E-state index in [0.29, 0.717) is 13.2 Å². The number of ether oxygens (including phenoxy) is 3. The standard InChI is InChI=1S/C14H12N2O3S/c1-17-10-2-5-20-13(10)14-15-8-6-11-12(7-9(8)16-14)19-4-3-18-11/h2,5-7H,3-4H2,1H3,(H,15,16). The van der Waals surface area contributed by atoms with Crippen LogP contribution in [0.2, 0.25) is 0 Å². The van der Waals surface area contributed by atoms with E-state index in [4.69, 9.17) is 14.2 Å². The Morgan fingerprint density at radius 1 is 1.25 bits per heavy atom. The molecule has 20 heavy (non-hydrogen) atoms. The smallest absolute Gasteiger partial charge is 0.163 e. The predicted molar refractivity (Wildman–Crippen MR) is 76.9 cm³/mol. The molecule has 3 heterocycles. The average Bonchev–Trinajstić information content (AvgIpc) is 3.10. The van der Waals surface area contributed by atoms with Crippen molar-refractivity contribution < 1.29 is 14.2 Å². The van der Waals surface area contributed by atoms with E-state index < -0.39 is 0 Å². The second kappa shape index (κ2) is 4.42. The first kappa shape index (κ1) is 11.6. The highest BCUT2D eigenvalue weighted by molar-refractivity contribution is 7.13. The first-order valence-corrected chi connectivity index (χ1v) is 7.14. The average molecular weight is 288 g/mol. The molecule has 0 amide bonds. The molecular formula is C14H12N2O3S. The minimum atomic E-state index is 0.578. The van der Waals surface area contributed by atoms with Gasteiger partial charge in [-0.1, -0.05) is 0 Å². The monoisotopic (exact) mass is 288 g/mol. The van der Waals surface area contributed by atoms with E-state index >= 15 is 0 Å². The van der Waals surface area contributed by atoms with Crippen molar-refractivity contribution >= 4 is 22.4 Å². The normalized spacial score (nSPS) is 13.7. The summed E-state index contributed by atoms with van der Waals surface area (Å²) in [6.45, 7) is 1.16. The number of hydrogen-bond acceptors (Lipinski definition) is 5. The third kappa shape index (κ3) is 1.72. The van der Waals surface area contributed by atoms with Gasteiger partial charge in [0.15, 0.2) is 17.3 Å². The van der Waals surface area contributed by atoms with Crippen molar-refractivity contribution in [1.29, 1.82) is 0 Å². The molecule has 0 bridgehead atoms. The van der Waals surface area contributed by atoms with E-state index in [0.717, 1.165) is 39.0 Å². The van der Waals surface area contributed by atoms with E-state index in [1.54, 1.807) is 18.4 Å². The second-order valence-electron chi connectivity index (χ2n) is 4.42. The maximum atomic E-state index is 5.58. The number of aromatic nitrogens is 2. The minimum absolute atomic E-state index is 0.578. The summed E-state index contributed by atoms with van der Waals surface area (Å²) in [6.07, 6.45) is 0. The fraction of sp³-hybridized carbons (Fsp3) is 0.214. The number of nitrogens with zero attached hydrogens (tertiary/aromatic N) is 1. The van der Waals surface area contributed by atoms with E-state index in [1.807, 2.05) is 23.6 Å². The van der Waals surface area contributed by atoms with Crippen LogP contribution in [0.4, 0.5) is 0 Å². The van der Waals surface area contributed by atoms with E-state index in [9.17, 15) is 0 Å². The van der Waals surface area contributed by atoms with Gasteiger partial charge in [-0.2, -0.15) is 0 Å². The molecule has 5 nitrogen and oxygen atoms in total. The molecule has 1 aliphatic heterocycles. The molecular weight excluding hydrogens is 276 g/mol. The van der Waals surface area contributed by atoms with E-state index in [1.165, 1.54) is 0 Å². The quantitative estimate of drug-likeness (QED) is 0.787. The van der Waals surface area contributed by atoms with Crippen molar-refractivity contribution in [3.05, 3.63) is 23.6 Å². The number of imidazole rings is 1. The molecule has 0 unspecified atom stereocenters. The van der Waals surface area contributed by atoms with Crippen molar-refractivity contribution in [3.63, 3.8) is 0 Å². The van der Waals surface area contributed by atoms with Gasteiger partial charge in [0, 0.05) is 12.1 Å². The molecule has 0 atom stereocenters. The number of H-pyrrole nitrogens is 1. The van der Waals surface area contributed by atoms with Crippen molar-refractivity contribution in [2.75, 3.05) is 20.3 Å². The van der Waals surface area contributed by atoms with Gasteiger partial charge in [-0.25, -0.2) is 4.98 Å². The van der Waals surface area contributed by atoms with Gasteiger partial charge >= 0.3 is 0 Å². The highest BCUT2D eigenvalue weighted by atomic mass is 32.1. The van der Waals surface area contributed by atoms with Crippen LogP contribution in [-0.2, 0) is 0 Å². The number of thiophene rings is 1. The Labute approximate surface area is 119 Å². The fourth-order valence-corrected chi connectivity index (χ4v) is 3.09. The number of benzene rings is 1. The van der Waals surface area contributed by atoms with Gasteiger partial charge in [-0.05, 0) is 11.4 Å². The Kier molecular flexibility index (Phi) is 2.56. The topological polar surface area (TPSA) is 56.4 Å². The van der Waals surface area contributed by atoms with Crippen LogP contribution >= 0.6 is 11.3 Å². The van der Waals surface area contributed by atoms with Crippen LogP contribution in [-0.4, -0.2) is 30.3 Å². The Morgan fingerprint density at radius 2 is 2.05 bits per heavy atom. The SMILES string of the molecule is COc1ccsc1-c1nc2cc3c(cc2[nH]1)OCCO3. The summed E-state index contributed by atoms with van der Waals surface area (Å²) in [5.41, 5.74) is 1.79. The molecule has 3 aromatic rings. The van der Waals surface area contributed by atoms with Crippen molar-refractivity contribution in [2.24, 2.45) is 0 Å². The zero-order valence-electron chi connectivity index (χ0n) is 10.8. The maximum Gasteiger partial charge on any atom is 0.163 e. The fourth-order valence-electron chi connectivity index (χ4n) is 2.29. The molecule has 0 saturated carbocycles. The Balaban J connectivity index is 1.86. The highest BCUT2D eigenvalue weighted by Crippen LogP contribution is 2.38. The molecule has 4 rings (SSSR count). The van der Waals surface area contributed by atoms with Crippen LogP contribution in [0.1, 0.15) is 0 Å². The minimum Gasteiger partial charge on any atom is -0.495 e. The van der Waals surface area contributed by atoms with Crippen LogP contribution in [0, 0.1) is 0 Å². The summed E-state index contributed by atoms with van der Waals surface area (Å²) < 4.78 is 16.5. The lowest BCUT2D eigenvalue weighted by Crippen LogP contribution is -2.15. The number of fused-ring (bicyclic) bond motifs is 2. The third-order valence-electron chi connectivity index (χ3n) is 3.21. The lowest BCUT2D eigenvalue weighted by molar-refractivity contribution is 0.172. The van der Waals surface area contributed by atoms with Crippen LogP contribution in [0.15, 0.2) is 23.6 Å². The van der Waals surface area contributed by atoms with Crippen LogP contribution in [0.25, 0.3) is 21.7 Å². The number of hydrogen-bond donors (Lipinski definition) is 1. The third-order valence-corrected chi connectivity index (χ3v) is 4.11. The van der Waals surface area contributed by atoms with Gasteiger partial charge < -0.3 is 19.2 Å². The second-order valence-corrected chi connectivity index (χ2v) is 5.33. The van der Waals surface area contributed by atoms with Crippen LogP contribution in [0.3, 0.4) is 0 Å². The van der Waals surface area contributed by atoms with Crippen molar-refractivity contribution in [3.8, 4) is 28.0 Å². The molecule has 1 N–H and O–H groups in total. The Bertz CT molecular complexity index is 735. The van der Waals surface area contributed by atoms with E-state index in [2.05, 4.69) is 9.97 Å². The summed E-state index contributed by atoms with van der Waals surface area (Å²) in [6, 6.07) is 5.77. The number of aromatic amines is 1. The predicted octanol–water partition coefficient (Wildman–Crippen LogP) is 3.07. The molecule has 0 saturated heterocycles. The van der Waals surface area contributed by atoms with Gasteiger partial charge in [0.2, 0.25) is 0 Å². The lowest BCUT2D eigenvalue weighted by Gasteiger charge is -2.17. The first-order valence-electron chi connectivity index (χ1n) is 6.26. The maximum absolute atomic E-state index is 5.58. The van der Waals surface area contributed by atoms with Gasteiger partial charge in [0.1, 0.15) is 23.8 Å². The summed E-state index contributed by atoms with van der Waals surface area (Å²) in [7, 11) is 1.66. The molecule has 102 valence electrons. The molecule has 6 heteroatoms. The molecule has 0 radical (unpaired) electrons. The first-order chi connectivity index (χ1) is 9.85. The Morgan fingerprint density at radius 3 is 2.85 bits per heavy atom. The number of methoxy groups -OCH3 is 1. The van der Waals surface area contributed by atoms with Crippen LogP contribution < -0.4 is 14.2 Å². The van der Waals surface area contributed by atoms with Crippen molar-refractivity contribution in [2.45, 2.75) is 0 Å². The van der Waals surface area contributed by atoms with Crippen molar-refractivity contribution in [1.82, 2.24) is 9.97 Å². The summed E-state index contributed by atoms with van der Waals surface area (Å²) in [5, 5.41) is 1.98. The zero-order chi connectivity index (χ0) is 13.5. The van der Waals surface area contributed by atoms with Gasteiger partial charge in [0.05, 0.1) is 18.1 Å². The molecule has 1 aromatic carbocycles. The largest absolute Gasteiger partial charge is 0.495 e. The summed E-state index contributed by atoms with van der Waals surface area (Å²) in [5.74, 6) is 3.14. The van der Waals surface area contributed by atoms with E-state index in [-0.39, 0.29) is 0 Å². The summed E-state index contributed by atoms with van der Waals surface area (Å²) in [4.78, 5) is 8.91.